The molecular weight excluding hydrogens is 360 g/mol. The average Bonchev–Trinajstić information content (AvgIpc) is 2.69. The third kappa shape index (κ3) is 4.06. The Labute approximate surface area is 161 Å². The number of aryl methyl sites for hydroxylation is 1. The van der Waals surface area contributed by atoms with Gasteiger partial charge in [-0.15, -0.1) is 0 Å². The van der Waals surface area contributed by atoms with Crippen molar-refractivity contribution in [3.63, 3.8) is 0 Å². The van der Waals surface area contributed by atoms with Crippen LogP contribution in [0.25, 0.3) is 10.9 Å². The van der Waals surface area contributed by atoms with Gasteiger partial charge in [-0.2, -0.15) is 0 Å². The first-order valence-electron chi connectivity index (χ1n) is 8.91. The second kappa shape index (κ2) is 7.99. The Morgan fingerprint density at radius 3 is 2.61 bits per heavy atom. The quantitative estimate of drug-likeness (QED) is 0.523. The average molecular weight is 380 g/mol. The summed E-state index contributed by atoms with van der Waals surface area (Å²) in [6.07, 6.45) is 2.22. The topological polar surface area (TPSA) is 107 Å². The van der Waals surface area contributed by atoms with E-state index in [0.29, 0.717) is 5.52 Å². The molecule has 8 heteroatoms. The molecule has 2 aromatic carbocycles. The summed E-state index contributed by atoms with van der Waals surface area (Å²) < 4.78 is 1.15. The van der Waals surface area contributed by atoms with Gasteiger partial charge in [0, 0.05) is 12.1 Å². The van der Waals surface area contributed by atoms with E-state index in [-0.39, 0.29) is 29.6 Å². The number of nitrogens with one attached hydrogen (secondary N) is 1. The number of hydrogen-bond donors (Lipinski definition) is 1. The minimum absolute atomic E-state index is 0.104. The maximum atomic E-state index is 12.6. The fourth-order valence-electron chi connectivity index (χ4n) is 2.94. The SMILES string of the molecule is CCc1ccc(C(C)NC(=O)Cn2cnc3ccc([N+](=O)[O-])cc3c2=O)cc1. The van der Waals surface area contributed by atoms with Gasteiger partial charge in [0.25, 0.3) is 11.2 Å². The van der Waals surface area contributed by atoms with Gasteiger partial charge in [0.1, 0.15) is 6.54 Å². The van der Waals surface area contributed by atoms with Crippen molar-refractivity contribution in [2.24, 2.45) is 0 Å². The van der Waals surface area contributed by atoms with E-state index in [2.05, 4.69) is 17.2 Å². The number of rotatable bonds is 6. The lowest BCUT2D eigenvalue weighted by Gasteiger charge is -2.15. The van der Waals surface area contributed by atoms with Crippen LogP contribution >= 0.6 is 0 Å². The Kier molecular flexibility index (Phi) is 5.49. The molecule has 0 saturated heterocycles. The fourth-order valence-corrected chi connectivity index (χ4v) is 2.94. The lowest BCUT2D eigenvalue weighted by molar-refractivity contribution is -0.384. The molecule has 144 valence electrons. The Morgan fingerprint density at radius 1 is 1.25 bits per heavy atom. The first-order chi connectivity index (χ1) is 13.4. The standard InChI is InChI=1S/C20H20N4O4/c1-3-14-4-6-15(7-5-14)13(2)22-19(25)11-23-12-21-18-9-8-16(24(27)28)10-17(18)20(23)26/h4-10,12-13H,3,11H2,1-2H3,(H,22,25). The van der Waals surface area contributed by atoms with E-state index < -0.39 is 10.5 Å². The highest BCUT2D eigenvalue weighted by atomic mass is 16.6. The summed E-state index contributed by atoms with van der Waals surface area (Å²) >= 11 is 0. The predicted octanol–water partition coefficient (Wildman–Crippen LogP) is 2.74. The van der Waals surface area contributed by atoms with Gasteiger partial charge in [0.05, 0.1) is 28.2 Å². The molecule has 0 fully saturated rings. The van der Waals surface area contributed by atoms with E-state index in [1.807, 2.05) is 31.2 Å². The van der Waals surface area contributed by atoms with Crippen molar-refractivity contribution in [1.82, 2.24) is 14.9 Å². The number of aromatic nitrogens is 2. The first-order valence-corrected chi connectivity index (χ1v) is 8.91. The smallest absolute Gasteiger partial charge is 0.270 e. The van der Waals surface area contributed by atoms with Crippen molar-refractivity contribution in [2.75, 3.05) is 0 Å². The molecule has 1 unspecified atom stereocenters. The van der Waals surface area contributed by atoms with Crippen LogP contribution in [0.4, 0.5) is 5.69 Å². The number of benzene rings is 2. The van der Waals surface area contributed by atoms with Crippen LogP contribution in [0.15, 0.2) is 53.6 Å². The molecule has 0 aliphatic rings. The Morgan fingerprint density at radius 2 is 1.96 bits per heavy atom. The van der Waals surface area contributed by atoms with E-state index in [9.17, 15) is 19.7 Å². The molecule has 3 aromatic rings. The summed E-state index contributed by atoms with van der Waals surface area (Å²) in [6, 6.07) is 11.6. The number of nitro benzene ring substituents is 1. The van der Waals surface area contributed by atoms with Gasteiger partial charge in [-0.05, 0) is 30.5 Å². The van der Waals surface area contributed by atoms with E-state index in [0.717, 1.165) is 16.6 Å². The van der Waals surface area contributed by atoms with Crippen molar-refractivity contribution in [3.8, 4) is 0 Å². The van der Waals surface area contributed by atoms with E-state index >= 15 is 0 Å². The summed E-state index contributed by atoms with van der Waals surface area (Å²) in [7, 11) is 0. The molecule has 0 aliphatic heterocycles. The second-order valence-electron chi connectivity index (χ2n) is 6.52. The molecule has 1 amide bonds. The summed E-state index contributed by atoms with van der Waals surface area (Å²) in [5.74, 6) is -0.347. The molecular formula is C20H20N4O4. The number of carbonyl (C=O) groups excluding carboxylic acids is 1. The Bertz CT molecular complexity index is 1090. The third-order valence-electron chi connectivity index (χ3n) is 4.60. The molecule has 3 rings (SSSR count). The zero-order valence-electron chi connectivity index (χ0n) is 15.6. The van der Waals surface area contributed by atoms with E-state index in [4.69, 9.17) is 0 Å². The first kappa shape index (κ1) is 19.2. The number of non-ortho nitro benzene ring substituents is 1. The van der Waals surface area contributed by atoms with Crippen molar-refractivity contribution in [1.29, 1.82) is 0 Å². The summed E-state index contributed by atoms with van der Waals surface area (Å²) in [4.78, 5) is 39.4. The molecule has 0 saturated carbocycles. The maximum Gasteiger partial charge on any atom is 0.270 e. The monoisotopic (exact) mass is 380 g/mol. The van der Waals surface area contributed by atoms with Crippen molar-refractivity contribution >= 4 is 22.5 Å². The van der Waals surface area contributed by atoms with Gasteiger partial charge < -0.3 is 5.32 Å². The van der Waals surface area contributed by atoms with Crippen LogP contribution in [-0.4, -0.2) is 20.4 Å². The number of amides is 1. The van der Waals surface area contributed by atoms with Gasteiger partial charge in [-0.3, -0.25) is 24.3 Å². The van der Waals surface area contributed by atoms with Crippen LogP contribution in [0, 0.1) is 10.1 Å². The van der Waals surface area contributed by atoms with Gasteiger partial charge in [0.2, 0.25) is 5.91 Å². The molecule has 0 radical (unpaired) electrons. The molecule has 0 bridgehead atoms. The Balaban J connectivity index is 1.77. The van der Waals surface area contributed by atoms with Gasteiger partial charge >= 0.3 is 0 Å². The van der Waals surface area contributed by atoms with Crippen LogP contribution in [0.3, 0.4) is 0 Å². The van der Waals surface area contributed by atoms with Crippen LogP contribution in [0.5, 0.6) is 0 Å². The molecule has 28 heavy (non-hydrogen) atoms. The lowest BCUT2D eigenvalue weighted by Crippen LogP contribution is -2.34. The van der Waals surface area contributed by atoms with Crippen molar-refractivity contribution in [2.45, 2.75) is 32.9 Å². The molecule has 8 nitrogen and oxygen atoms in total. The highest BCUT2D eigenvalue weighted by Crippen LogP contribution is 2.16. The second-order valence-corrected chi connectivity index (χ2v) is 6.52. The normalized spacial score (nSPS) is 11.9. The molecule has 1 N–H and O–H groups in total. The summed E-state index contributed by atoms with van der Waals surface area (Å²) in [6.45, 7) is 3.72. The predicted molar refractivity (Wildman–Crippen MR) is 105 cm³/mol. The zero-order valence-corrected chi connectivity index (χ0v) is 15.6. The molecule has 1 heterocycles. The summed E-state index contributed by atoms with van der Waals surface area (Å²) in [5, 5.41) is 13.9. The van der Waals surface area contributed by atoms with Crippen molar-refractivity contribution in [3.05, 3.63) is 80.4 Å². The minimum Gasteiger partial charge on any atom is -0.348 e. The third-order valence-corrected chi connectivity index (χ3v) is 4.60. The molecule has 0 aliphatic carbocycles. The van der Waals surface area contributed by atoms with E-state index in [1.165, 1.54) is 30.1 Å². The molecule has 1 aromatic heterocycles. The van der Waals surface area contributed by atoms with Crippen LogP contribution in [-0.2, 0) is 17.8 Å². The number of nitro groups is 1. The molecule has 1 atom stereocenters. The van der Waals surface area contributed by atoms with Gasteiger partial charge in [-0.1, -0.05) is 31.2 Å². The molecule has 0 spiro atoms. The number of hydrogen-bond acceptors (Lipinski definition) is 5. The van der Waals surface area contributed by atoms with Gasteiger partial charge in [-0.25, -0.2) is 4.98 Å². The van der Waals surface area contributed by atoms with Crippen LogP contribution in [0.2, 0.25) is 0 Å². The van der Waals surface area contributed by atoms with Crippen molar-refractivity contribution < 1.29 is 9.72 Å². The Hall–Kier alpha value is -3.55. The van der Waals surface area contributed by atoms with E-state index in [1.54, 1.807) is 0 Å². The maximum absolute atomic E-state index is 12.6. The number of carbonyl (C=O) groups is 1. The highest BCUT2D eigenvalue weighted by molar-refractivity contribution is 5.81. The minimum atomic E-state index is -0.575. The lowest BCUT2D eigenvalue weighted by atomic mass is 10.1. The largest absolute Gasteiger partial charge is 0.348 e. The number of fused-ring (bicyclic) bond motifs is 1. The van der Waals surface area contributed by atoms with Crippen LogP contribution < -0.4 is 10.9 Å². The fraction of sp³-hybridized carbons (Fsp3) is 0.250. The van der Waals surface area contributed by atoms with Gasteiger partial charge in [0.15, 0.2) is 0 Å². The summed E-state index contributed by atoms with van der Waals surface area (Å²) in [5.41, 5.74) is 1.83. The zero-order chi connectivity index (χ0) is 20.3. The van der Waals surface area contributed by atoms with Crippen LogP contribution in [0.1, 0.15) is 31.0 Å². The number of nitrogens with zero attached hydrogens (tertiary/aromatic N) is 3. The highest BCUT2D eigenvalue weighted by Gasteiger charge is 2.14.